The number of hydrogen-bond acceptors (Lipinski definition) is 5. The van der Waals surface area contributed by atoms with Gasteiger partial charge < -0.3 is 5.32 Å². The molecule has 118 valence electrons. The summed E-state index contributed by atoms with van der Waals surface area (Å²) >= 11 is 1.83. The van der Waals surface area contributed by atoms with Crippen LogP contribution in [0.1, 0.15) is 27.2 Å². The van der Waals surface area contributed by atoms with Crippen molar-refractivity contribution in [3.8, 4) is 0 Å². The fourth-order valence-electron chi connectivity index (χ4n) is 2.29. The standard InChI is InChI=1S/C14H23N3O2S2/c1-4-15-12-6-5-8-16-13(12)21(18,19)17-9-7-14(2,3)20-11-10-17/h5-6,8,15H,4,7,9-11H2,1-3H3. The third-order valence-corrected chi connectivity index (χ3v) is 6.75. The van der Waals surface area contributed by atoms with Gasteiger partial charge in [0, 0.05) is 36.3 Å². The van der Waals surface area contributed by atoms with Gasteiger partial charge in [-0.3, -0.25) is 0 Å². The maximum absolute atomic E-state index is 12.9. The highest BCUT2D eigenvalue weighted by Crippen LogP contribution is 2.33. The molecule has 1 saturated heterocycles. The normalized spacial score (nSPS) is 20.0. The average Bonchev–Trinajstić information content (AvgIpc) is 2.61. The fraction of sp³-hybridized carbons (Fsp3) is 0.643. The second kappa shape index (κ2) is 6.54. The summed E-state index contributed by atoms with van der Waals surface area (Å²) in [4.78, 5) is 4.11. The summed E-state index contributed by atoms with van der Waals surface area (Å²) in [5.74, 6) is 0.815. The van der Waals surface area contributed by atoms with Crippen molar-refractivity contribution in [2.75, 3.05) is 30.7 Å². The number of hydrogen-bond donors (Lipinski definition) is 1. The molecule has 0 radical (unpaired) electrons. The highest BCUT2D eigenvalue weighted by molar-refractivity contribution is 8.00. The first-order valence-electron chi connectivity index (χ1n) is 7.20. The van der Waals surface area contributed by atoms with Crippen molar-refractivity contribution in [2.24, 2.45) is 0 Å². The number of anilines is 1. The van der Waals surface area contributed by atoms with Gasteiger partial charge in [-0.25, -0.2) is 13.4 Å². The van der Waals surface area contributed by atoms with Gasteiger partial charge in [-0.15, -0.1) is 0 Å². The lowest BCUT2D eigenvalue weighted by Gasteiger charge is -2.22. The Hall–Kier alpha value is -0.790. The molecular formula is C14H23N3O2S2. The first kappa shape index (κ1) is 16.6. The molecule has 1 fully saturated rings. The molecule has 21 heavy (non-hydrogen) atoms. The van der Waals surface area contributed by atoms with Gasteiger partial charge >= 0.3 is 0 Å². The van der Waals surface area contributed by atoms with Crippen molar-refractivity contribution in [3.63, 3.8) is 0 Å². The van der Waals surface area contributed by atoms with Crippen LogP contribution in [0.5, 0.6) is 0 Å². The zero-order valence-electron chi connectivity index (χ0n) is 12.8. The molecule has 1 aromatic rings. The molecule has 5 nitrogen and oxygen atoms in total. The van der Waals surface area contributed by atoms with Crippen LogP contribution in [0.15, 0.2) is 23.4 Å². The zero-order chi connectivity index (χ0) is 15.5. The van der Waals surface area contributed by atoms with Crippen molar-refractivity contribution in [2.45, 2.75) is 37.0 Å². The maximum Gasteiger partial charge on any atom is 0.262 e. The minimum absolute atomic E-state index is 0.124. The number of rotatable bonds is 4. The Kier molecular flexibility index (Phi) is 5.16. The summed E-state index contributed by atoms with van der Waals surface area (Å²) in [6, 6.07) is 3.51. The second-order valence-corrected chi connectivity index (χ2v) is 9.30. The van der Waals surface area contributed by atoms with Crippen molar-refractivity contribution < 1.29 is 8.42 Å². The molecule has 0 spiro atoms. The molecule has 0 unspecified atom stereocenters. The van der Waals surface area contributed by atoms with E-state index in [0.29, 0.717) is 25.3 Å². The van der Waals surface area contributed by atoms with E-state index in [2.05, 4.69) is 24.1 Å². The SMILES string of the molecule is CCNc1cccnc1S(=O)(=O)N1CCSC(C)(C)CC1. The van der Waals surface area contributed by atoms with Crippen LogP contribution in [0, 0.1) is 0 Å². The van der Waals surface area contributed by atoms with Crippen LogP contribution in [0.4, 0.5) is 5.69 Å². The first-order chi connectivity index (χ1) is 9.87. The van der Waals surface area contributed by atoms with E-state index < -0.39 is 10.0 Å². The van der Waals surface area contributed by atoms with Crippen LogP contribution in [-0.2, 0) is 10.0 Å². The quantitative estimate of drug-likeness (QED) is 0.919. The molecule has 0 aromatic carbocycles. The van der Waals surface area contributed by atoms with Crippen LogP contribution in [-0.4, -0.2) is 47.8 Å². The van der Waals surface area contributed by atoms with E-state index in [1.165, 1.54) is 6.20 Å². The van der Waals surface area contributed by atoms with Gasteiger partial charge in [-0.05, 0) is 25.5 Å². The molecule has 0 saturated carbocycles. The van der Waals surface area contributed by atoms with Crippen molar-refractivity contribution in [1.82, 2.24) is 9.29 Å². The van der Waals surface area contributed by atoms with Crippen LogP contribution >= 0.6 is 11.8 Å². The summed E-state index contributed by atoms with van der Waals surface area (Å²) in [6.07, 6.45) is 2.38. The second-order valence-electron chi connectivity index (χ2n) is 5.65. The van der Waals surface area contributed by atoms with Crippen LogP contribution in [0.2, 0.25) is 0 Å². The van der Waals surface area contributed by atoms with Crippen LogP contribution < -0.4 is 5.32 Å². The van der Waals surface area contributed by atoms with E-state index in [9.17, 15) is 8.42 Å². The molecule has 1 aliphatic heterocycles. The molecule has 0 bridgehead atoms. The average molecular weight is 329 g/mol. The monoisotopic (exact) mass is 329 g/mol. The largest absolute Gasteiger partial charge is 0.383 e. The molecular weight excluding hydrogens is 306 g/mol. The maximum atomic E-state index is 12.9. The molecule has 0 amide bonds. The number of aromatic nitrogens is 1. The lowest BCUT2D eigenvalue weighted by atomic mass is 10.1. The molecule has 7 heteroatoms. The summed E-state index contributed by atoms with van der Waals surface area (Å²) < 4.78 is 27.4. The van der Waals surface area contributed by atoms with E-state index >= 15 is 0 Å². The predicted octanol–water partition coefficient (Wildman–Crippen LogP) is 2.42. The highest BCUT2D eigenvalue weighted by atomic mass is 32.2. The van der Waals surface area contributed by atoms with Crippen molar-refractivity contribution in [3.05, 3.63) is 18.3 Å². The molecule has 1 aromatic heterocycles. The Morgan fingerprint density at radius 1 is 1.43 bits per heavy atom. The van der Waals surface area contributed by atoms with E-state index in [1.807, 2.05) is 18.7 Å². The fourth-order valence-corrected chi connectivity index (χ4v) is 5.02. The Bertz CT molecular complexity index is 588. The summed E-state index contributed by atoms with van der Waals surface area (Å²) in [5.41, 5.74) is 0.580. The molecule has 2 heterocycles. The van der Waals surface area contributed by atoms with E-state index in [1.54, 1.807) is 16.4 Å². The Morgan fingerprint density at radius 2 is 2.19 bits per heavy atom. The van der Waals surface area contributed by atoms with Crippen LogP contribution in [0.25, 0.3) is 0 Å². The first-order valence-corrected chi connectivity index (χ1v) is 9.62. The number of nitrogens with zero attached hydrogens (tertiary/aromatic N) is 2. The zero-order valence-corrected chi connectivity index (χ0v) is 14.4. The molecule has 1 N–H and O–H groups in total. The van der Waals surface area contributed by atoms with Crippen molar-refractivity contribution in [1.29, 1.82) is 0 Å². The minimum Gasteiger partial charge on any atom is -0.383 e. The van der Waals surface area contributed by atoms with Gasteiger partial charge in [-0.1, -0.05) is 13.8 Å². The number of nitrogens with one attached hydrogen (secondary N) is 1. The number of thioether (sulfide) groups is 1. The summed E-state index contributed by atoms with van der Waals surface area (Å²) in [7, 11) is -3.54. The van der Waals surface area contributed by atoms with Gasteiger partial charge in [0.05, 0.1) is 5.69 Å². The lowest BCUT2D eigenvalue weighted by Crippen LogP contribution is -2.34. The smallest absolute Gasteiger partial charge is 0.262 e. The van der Waals surface area contributed by atoms with E-state index in [4.69, 9.17) is 0 Å². The topological polar surface area (TPSA) is 62.3 Å². The Morgan fingerprint density at radius 3 is 2.90 bits per heavy atom. The van der Waals surface area contributed by atoms with E-state index in [0.717, 1.165) is 12.2 Å². The molecule has 0 aliphatic carbocycles. The summed E-state index contributed by atoms with van der Waals surface area (Å²) in [6.45, 7) is 8.02. The predicted molar refractivity (Wildman–Crippen MR) is 88.3 cm³/mol. The van der Waals surface area contributed by atoms with Crippen molar-refractivity contribution >= 4 is 27.5 Å². The van der Waals surface area contributed by atoms with Gasteiger partial charge in [0.25, 0.3) is 10.0 Å². The molecule has 0 atom stereocenters. The third-order valence-electron chi connectivity index (χ3n) is 3.52. The lowest BCUT2D eigenvalue weighted by molar-refractivity contribution is 0.414. The van der Waals surface area contributed by atoms with E-state index in [-0.39, 0.29) is 9.77 Å². The van der Waals surface area contributed by atoms with Crippen LogP contribution in [0.3, 0.4) is 0 Å². The molecule has 2 rings (SSSR count). The highest BCUT2D eigenvalue weighted by Gasteiger charge is 2.32. The molecule has 1 aliphatic rings. The summed E-state index contributed by atoms with van der Waals surface area (Å²) in [5, 5.41) is 3.22. The number of sulfonamides is 1. The van der Waals surface area contributed by atoms with Gasteiger partial charge in [0.15, 0.2) is 5.03 Å². The van der Waals surface area contributed by atoms with Gasteiger partial charge in [-0.2, -0.15) is 16.1 Å². The third kappa shape index (κ3) is 3.90. The Labute approximate surface area is 131 Å². The van der Waals surface area contributed by atoms with Gasteiger partial charge in [0.1, 0.15) is 0 Å². The number of pyridine rings is 1. The van der Waals surface area contributed by atoms with Gasteiger partial charge in [0.2, 0.25) is 0 Å². The minimum atomic E-state index is -3.54. The Balaban J connectivity index is 2.30.